The van der Waals surface area contributed by atoms with Crippen molar-refractivity contribution in [2.75, 3.05) is 42.9 Å². The predicted octanol–water partition coefficient (Wildman–Crippen LogP) is 2.48. The Morgan fingerprint density at radius 3 is 2.57 bits per heavy atom. The Hall–Kier alpha value is -3.41. The number of aromatic carboxylic acids is 1. The lowest BCUT2D eigenvalue weighted by molar-refractivity contribution is -0.146. The Labute approximate surface area is 168 Å². The summed E-state index contributed by atoms with van der Waals surface area (Å²) in [5.74, 6) is -0.347. The first-order valence-corrected chi connectivity index (χ1v) is 9.13. The van der Waals surface area contributed by atoms with Gasteiger partial charge in [0.05, 0.1) is 18.4 Å². The monoisotopic (exact) mass is 421 g/mol. The summed E-state index contributed by atoms with van der Waals surface area (Å²) in [6, 6.07) is 5.00. The van der Waals surface area contributed by atoms with E-state index in [0.29, 0.717) is 43.0 Å². The number of alkyl halides is 3. The number of fused-ring (bicyclic) bond motifs is 1. The van der Waals surface area contributed by atoms with Crippen molar-refractivity contribution in [2.24, 2.45) is 0 Å². The number of H-pyrrole nitrogens is 1. The zero-order valence-electron chi connectivity index (χ0n) is 15.6. The second kappa shape index (κ2) is 7.78. The first kappa shape index (κ1) is 19.9. The van der Waals surface area contributed by atoms with Gasteiger partial charge >= 0.3 is 12.1 Å². The highest BCUT2D eigenvalue weighted by molar-refractivity contribution is 5.92. The molecule has 0 radical (unpaired) electrons. The molecule has 3 aromatic heterocycles. The van der Waals surface area contributed by atoms with E-state index < -0.39 is 18.7 Å². The number of pyridine rings is 1. The van der Waals surface area contributed by atoms with Gasteiger partial charge in [0.25, 0.3) is 0 Å². The molecule has 0 amide bonds. The van der Waals surface area contributed by atoms with Crippen molar-refractivity contribution in [3.8, 4) is 0 Å². The van der Waals surface area contributed by atoms with Gasteiger partial charge in [0.2, 0.25) is 5.95 Å². The third-order valence-electron chi connectivity index (χ3n) is 4.73. The third kappa shape index (κ3) is 4.59. The largest absolute Gasteiger partial charge is 0.477 e. The minimum absolute atomic E-state index is 0.0225. The number of carboxylic acids is 1. The number of nitrogens with zero attached hydrogens (tertiary/aromatic N) is 5. The average molecular weight is 421 g/mol. The van der Waals surface area contributed by atoms with E-state index in [1.807, 2.05) is 11.0 Å². The average Bonchev–Trinajstić information content (AvgIpc) is 3.12. The summed E-state index contributed by atoms with van der Waals surface area (Å²) in [5, 5.41) is 12.5. The molecule has 0 bridgehead atoms. The summed E-state index contributed by atoms with van der Waals surface area (Å²) in [7, 11) is 0. The number of carbonyl (C=O) groups is 1. The smallest absolute Gasteiger partial charge is 0.401 e. The summed E-state index contributed by atoms with van der Waals surface area (Å²) in [4.78, 5) is 29.8. The number of nitrogens with one attached hydrogen (secondary N) is 2. The lowest BCUT2D eigenvalue weighted by Gasteiger charge is -2.36. The minimum Gasteiger partial charge on any atom is -0.477 e. The van der Waals surface area contributed by atoms with Gasteiger partial charge in [0, 0.05) is 37.8 Å². The number of piperazine rings is 1. The zero-order chi connectivity index (χ0) is 21.3. The molecule has 4 rings (SSSR count). The first-order chi connectivity index (χ1) is 14.3. The topological polar surface area (TPSA) is 110 Å². The molecule has 0 spiro atoms. The molecule has 0 atom stereocenters. The number of hydrogen-bond donors (Lipinski definition) is 3. The molecule has 1 aliphatic heterocycles. The van der Waals surface area contributed by atoms with Gasteiger partial charge in [-0.3, -0.25) is 4.90 Å². The molecule has 3 aromatic rings. The van der Waals surface area contributed by atoms with Crippen LogP contribution in [0.25, 0.3) is 11.0 Å². The van der Waals surface area contributed by atoms with Crippen LogP contribution in [0.4, 0.5) is 30.6 Å². The normalized spacial score (nSPS) is 15.5. The molecule has 30 heavy (non-hydrogen) atoms. The van der Waals surface area contributed by atoms with Crippen LogP contribution in [0.3, 0.4) is 0 Å². The highest BCUT2D eigenvalue weighted by atomic mass is 19.4. The fraction of sp³-hybridized carbons (Fsp3) is 0.333. The Morgan fingerprint density at radius 1 is 1.17 bits per heavy atom. The van der Waals surface area contributed by atoms with Crippen molar-refractivity contribution in [3.63, 3.8) is 0 Å². The second-order valence-electron chi connectivity index (χ2n) is 6.89. The number of rotatable bonds is 5. The molecule has 1 fully saturated rings. The van der Waals surface area contributed by atoms with Crippen molar-refractivity contribution in [2.45, 2.75) is 6.18 Å². The van der Waals surface area contributed by atoms with Crippen molar-refractivity contribution in [3.05, 3.63) is 36.3 Å². The molecule has 0 unspecified atom stereocenters. The Kier molecular flexibility index (Phi) is 5.16. The summed E-state index contributed by atoms with van der Waals surface area (Å²) in [5.41, 5.74) is 1.23. The maximum atomic E-state index is 12.5. The van der Waals surface area contributed by atoms with E-state index >= 15 is 0 Å². The molecule has 0 aromatic carbocycles. The van der Waals surface area contributed by atoms with E-state index in [0.717, 1.165) is 5.69 Å². The van der Waals surface area contributed by atoms with Crippen LogP contribution in [0, 0.1) is 0 Å². The Balaban J connectivity index is 1.38. The van der Waals surface area contributed by atoms with Gasteiger partial charge in [-0.1, -0.05) is 0 Å². The Bertz CT molecular complexity index is 1040. The number of aromatic amines is 1. The molecule has 3 N–H and O–H groups in total. The predicted molar refractivity (Wildman–Crippen MR) is 103 cm³/mol. The van der Waals surface area contributed by atoms with E-state index in [2.05, 4.69) is 25.3 Å². The summed E-state index contributed by atoms with van der Waals surface area (Å²) in [6.07, 6.45) is -1.04. The fourth-order valence-electron chi connectivity index (χ4n) is 3.27. The number of halogens is 3. The first-order valence-electron chi connectivity index (χ1n) is 9.13. The summed E-state index contributed by atoms with van der Waals surface area (Å²) >= 11 is 0. The molecule has 9 nitrogen and oxygen atoms in total. The zero-order valence-corrected chi connectivity index (χ0v) is 15.6. The standard InChI is InChI=1S/C18H18F3N7O2/c19-18(20,21)10-27-3-5-28(6-4-27)12-1-2-14(22-9-12)25-17-23-8-11-7-13(16(29)30)24-15(11)26-17/h1-2,7-9H,3-6,10H2,(H,29,30)(H2,22,23,24,25,26). The molecule has 12 heteroatoms. The maximum Gasteiger partial charge on any atom is 0.401 e. The quantitative estimate of drug-likeness (QED) is 0.576. The second-order valence-corrected chi connectivity index (χ2v) is 6.89. The summed E-state index contributed by atoms with van der Waals surface area (Å²) < 4.78 is 37.5. The third-order valence-corrected chi connectivity index (χ3v) is 4.73. The molecule has 4 heterocycles. The van der Waals surface area contributed by atoms with Gasteiger partial charge in [-0.2, -0.15) is 18.2 Å². The number of hydrogen-bond acceptors (Lipinski definition) is 7. The van der Waals surface area contributed by atoms with E-state index in [9.17, 15) is 18.0 Å². The number of aromatic nitrogens is 4. The van der Waals surface area contributed by atoms with Crippen molar-refractivity contribution in [1.82, 2.24) is 24.8 Å². The highest BCUT2D eigenvalue weighted by Crippen LogP contribution is 2.22. The molecular weight excluding hydrogens is 403 g/mol. The van der Waals surface area contributed by atoms with Gasteiger partial charge in [0.1, 0.15) is 17.2 Å². The van der Waals surface area contributed by atoms with E-state index in [1.165, 1.54) is 17.2 Å². The van der Waals surface area contributed by atoms with Crippen LogP contribution >= 0.6 is 0 Å². The van der Waals surface area contributed by atoms with Crippen molar-refractivity contribution in [1.29, 1.82) is 0 Å². The van der Waals surface area contributed by atoms with Crippen LogP contribution in [0.5, 0.6) is 0 Å². The van der Waals surface area contributed by atoms with E-state index in [4.69, 9.17) is 5.11 Å². The molecule has 0 saturated carbocycles. The number of anilines is 3. The van der Waals surface area contributed by atoms with Crippen molar-refractivity contribution < 1.29 is 23.1 Å². The Morgan fingerprint density at radius 2 is 1.93 bits per heavy atom. The van der Waals surface area contributed by atoms with Crippen LogP contribution in [0.15, 0.2) is 30.6 Å². The SMILES string of the molecule is O=C(O)c1cc2cnc(Nc3ccc(N4CCN(CC(F)(F)F)CC4)cn3)nc2[nH]1. The molecular formula is C18H18F3N7O2. The molecule has 158 valence electrons. The van der Waals surface area contributed by atoms with Crippen molar-refractivity contribution >= 4 is 34.5 Å². The van der Waals surface area contributed by atoms with Crippen LogP contribution < -0.4 is 10.2 Å². The van der Waals surface area contributed by atoms with Gasteiger partial charge < -0.3 is 20.3 Å². The minimum atomic E-state index is -4.18. The highest BCUT2D eigenvalue weighted by Gasteiger charge is 2.32. The van der Waals surface area contributed by atoms with Gasteiger partial charge in [0.15, 0.2) is 0 Å². The summed E-state index contributed by atoms with van der Waals surface area (Å²) in [6.45, 7) is 0.761. The molecule has 0 aliphatic carbocycles. The van der Waals surface area contributed by atoms with Crippen LogP contribution in [0.2, 0.25) is 0 Å². The maximum absolute atomic E-state index is 12.5. The number of carboxylic acid groups (broad SMARTS) is 1. The lowest BCUT2D eigenvalue weighted by Crippen LogP contribution is -2.49. The molecule has 1 aliphatic rings. The van der Waals surface area contributed by atoms with Crippen LogP contribution in [-0.4, -0.2) is 74.8 Å². The van der Waals surface area contributed by atoms with E-state index in [-0.39, 0.29) is 11.6 Å². The van der Waals surface area contributed by atoms with Crippen LogP contribution in [0.1, 0.15) is 10.5 Å². The van der Waals surface area contributed by atoms with E-state index in [1.54, 1.807) is 12.3 Å². The molecule has 1 saturated heterocycles. The van der Waals surface area contributed by atoms with Gasteiger partial charge in [-0.25, -0.2) is 14.8 Å². The van der Waals surface area contributed by atoms with Gasteiger partial charge in [-0.05, 0) is 18.2 Å². The van der Waals surface area contributed by atoms with Crippen LogP contribution in [-0.2, 0) is 0 Å². The lowest BCUT2D eigenvalue weighted by atomic mass is 10.2. The van der Waals surface area contributed by atoms with Gasteiger partial charge in [-0.15, -0.1) is 0 Å². The fourth-order valence-corrected chi connectivity index (χ4v) is 3.27.